The van der Waals surface area contributed by atoms with Crippen LogP contribution in [0.1, 0.15) is 62.0 Å². The summed E-state index contributed by atoms with van der Waals surface area (Å²) in [4.78, 5) is 4.61. The van der Waals surface area contributed by atoms with E-state index in [1.165, 1.54) is 11.1 Å². The zero-order valence-electron chi connectivity index (χ0n) is 44.1. The van der Waals surface area contributed by atoms with Crippen LogP contribution in [-0.2, 0) is 0 Å². The minimum Gasteiger partial charge on any atom is -0.497 e. The van der Waals surface area contributed by atoms with Crippen LogP contribution in [0, 0.1) is 0 Å². The fourth-order valence-corrected chi connectivity index (χ4v) is 8.85. The number of aliphatic hydroxyl groups is 2. The SMILES string of the molecule is COc1ccc(C(c2ccccc2)N(C)CC(C)(C)NCC(O)COc2ccccc2OC)cc1.COc1ccccc1OCC(O)CNC(C)(C)CN(C)C(c1ccccc1OC)c1ccccc1OC. The molecule has 0 spiro atoms. The molecular formula is C59H78N4O9. The monoisotopic (exact) mass is 987 g/mol. The molecular weight excluding hydrogens is 909 g/mol. The van der Waals surface area contributed by atoms with Gasteiger partial charge in [0.2, 0.25) is 0 Å². The van der Waals surface area contributed by atoms with Gasteiger partial charge in [-0.1, -0.05) is 103 Å². The van der Waals surface area contributed by atoms with Crippen molar-refractivity contribution in [2.45, 2.75) is 63.1 Å². The van der Waals surface area contributed by atoms with Crippen molar-refractivity contribution in [2.24, 2.45) is 0 Å². The summed E-state index contributed by atoms with van der Waals surface area (Å²) in [6.07, 6.45) is -1.34. The van der Waals surface area contributed by atoms with Gasteiger partial charge in [0.15, 0.2) is 23.0 Å². The molecule has 4 N–H and O–H groups in total. The molecule has 3 atom stereocenters. The molecule has 3 unspecified atom stereocenters. The fourth-order valence-electron chi connectivity index (χ4n) is 8.85. The number of nitrogens with zero attached hydrogens (tertiary/aromatic N) is 2. The molecule has 0 bridgehead atoms. The van der Waals surface area contributed by atoms with E-state index >= 15 is 0 Å². The molecule has 388 valence electrons. The molecule has 0 aliphatic carbocycles. The predicted octanol–water partition coefficient (Wildman–Crippen LogP) is 9.07. The highest BCUT2D eigenvalue weighted by atomic mass is 16.5. The number of aliphatic hydroxyl groups excluding tert-OH is 2. The van der Waals surface area contributed by atoms with Crippen LogP contribution < -0.4 is 43.8 Å². The van der Waals surface area contributed by atoms with E-state index in [1.54, 1.807) is 35.5 Å². The summed E-state index contributed by atoms with van der Waals surface area (Å²) in [5.41, 5.74) is 3.96. The Kier molecular flexibility index (Phi) is 22.1. The van der Waals surface area contributed by atoms with E-state index in [2.05, 4.69) is 111 Å². The van der Waals surface area contributed by atoms with Crippen molar-refractivity contribution >= 4 is 0 Å². The van der Waals surface area contributed by atoms with Crippen LogP contribution in [0.25, 0.3) is 0 Å². The Morgan fingerprint density at radius 3 is 1.17 bits per heavy atom. The summed E-state index contributed by atoms with van der Waals surface area (Å²) < 4.78 is 39.0. The Morgan fingerprint density at radius 2 is 0.764 bits per heavy atom. The van der Waals surface area contributed by atoms with Gasteiger partial charge in [0.25, 0.3) is 0 Å². The predicted molar refractivity (Wildman–Crippen MR) is 288 cm³/mol. The summed E-state index contributed by atoms with van der Waals surface area (Å²) in [7, 11) is 12.5. The third-order valence-electron chi connectivity index (χ3n) is 12.2. The summed E-state index contributed by atoms with van der Waals surface area (Å²) in [6.45, 7) is 11.1. The number of rotatable bonds is 27. The van der Waals surface area contributed by atoms with Gasteiger partial charge in [-0.2, -0.15) is 0 Å². The second kappa shape index (κ2) is 28.1. The molecule has 0 aliphatic rings. The summed E-state index contributed by atoms with van der Waals surface area (Å²) in [5.74, 6) is 5.01. The smallest absolute Gasteiger partial charge is 0.161 e. The van der Waals surface area contributed by atoms with Crippen molar-refractivity contribution in [1.29, 1.82) is 0 Å². The van der Waals surface area contributed by atoms with Crippen LogP contribution in [0.4, 0.5) is 0 Å². The zero-order chi connectivity index (χ0) is 52.1. The number of para-hydroxylation sites is 6. The van der Waals surface area contributed by atoms with Gasteiger partial charge in [0, 0.05) is 48.4 Å². The molecule has 0 aliphatic heterocycles. The lowest BCUT2D eigenvalue weighted by molar-refractivity contribution is 0.0921. The number of hydrogen-bond donors (Lipinski definition) is 4. The van der Waals surface area contributed by atoms with Crippen molar-refractivity contribution in [3.8, 4) is 40.2 Å². The van der Waals surface area contributed by atoms with Crippen molar-refractivity contribution in [3.63, 3.8) is 0 Å². The van der Waals surface area contributed by atoms with Gasteiger partial charge >= 0.3 is 0 Å². The number of nitrogens with one attached hydrogen (secondary N) is 2. The van der Waals surface area contributed by atoms with Crippen molar-refractivity contribution < 1.29 is 43.4 Å². The Hall–Kier alpha value is -6.32. The number of methoxy groups -OCH3 is 5. The van der Waals surface area contributed by atoms with E-state index < -0.39 is 12.2 Å². The molecule has 0 fully saturated rings. The molecule has 72 heavy (non-hydrogen) atoms. The number of β-amino-alcohol motifs (C(OH)–C–C–N with tert-alkyl or cyclic N) is 2. The van der Waals surface area contributed by atoms with E-state index in [0.717, 1.165) is 34.9 Å². The number of hydrogen-bond acceptors (Lipinski definition) is 13. The molecule has 6 aromatic carbocycles. The standard InChI is InChI=1S/C30H40N2O5.C29H38N2O4/c1-30(2,31-19-22(33)20-37-28-18-12-11-17-27(28)36-6)21-32(3)29(23-13-7-9-15-25(23)34-4)24-14-8-10-16-26(24)35-5;1-29(2,30-19-24(32)20-35-27-14-10-9-13-26(27)34-5)21-31(3)28(22-11-7-6-8-12-22)23-15-17-25(33-4)18-16-23/h7-18,22,29,31,33H,19-21H2,1-6H3;6-18,24,28,30,32H,19-21H2,1-5H3. The average Bonchev–Trinajstić information content (AvgIpc) is 3.39. The largest absolute Gasteiger partial charge is 0.497 e. The zero-order valence-corrected chi connectivity index (χ0v) is 44.1. The van der Waals surface area contributed by atoms with Crippen LogP contribution in [0.3, 0.4) is 0 Å². The third-order valence-corrected chi connectivity index (χ3v) is 12.2. The molecule has 13 nitrogen and oxygen atoms in total. The minimum atomic E-state index is -0.686. The maximum Gasteiger partial charge on any atom is 0.161 e. The molecule has 0 radical (unpaired) electrons. The highest BCUT2D eigenvalue weighted by Crippen LogP contribution is 2.39. The van der Waals surface area contributed by atoms with Gasteiger partial charge in [-0.3, -0.25) is 9.80 Å². The van der Waals surface area contributed by atoms with Crippen molar-refractivity contribution in [3.05, 3.63) is 174 Å². The molecule has 0 amide bonds. The fraction of sp³-hybridized carbons (Fsp3) is 0.390. The van der Waals surface area contributed by atoms with Crippen LogP contribution in [0.2, 0.25) is 0 Å². The molecule has 0 saturated carbocycles. The molecule has 13 heteroatoms. The minimum absolute atomic E-state index is 0.0852. The second-order valence-corrected chi connectivity index (χ2v) is 19.1. The Morgan fingerprint density at radius 1 is 0.417 bits per heavy atom. The van der Waals surface area contributed by atoms with E-state index in [9.17, 15) is 10.2 Å². The van der Waals surface area contributed by atoms with Crippen LogP contribution in [0.5, 0.6) is 40.2 Å². The summed E-state index contributed by atoms with van der Waals surface area (Å²) in [6, 6.07) is 49.7. The molecule has 6 aromatic rings. The highest BCUT2D eigenvalue weighted by Gasteiger charge is 2.31. The Bertz CT molecular complexity index is 2440. The first-order valence-corrected chi connectivity index (χ1v) is 24.4. The lowest BCUT2D eigenvalue weighted by Crippen LogP contribution is -2.51. The van der Waals surface area contributed by atoms with Gasteiger partial charge in [-0.15, -0.1) is 0 Å². The summed E-state index contributed by atoms with van der Waals surface area (Å²) in [5, 5.41) is 28.1. The maximum absolute atomic E-state index is 10.6. The number of ether oxygens (including phenoxy) is 7. The number of likely N-dealkylation sites (N-methyl/N-ethyl adjacent to an activating group) is 2. The van der Waals surface area contributed by atoms with Gasteiger partial charge < -0.3 is 54.0 Å². The molecule has 0 aromatic heterocycles. The first kappa shape index (κ1) is 56.6. The van der Waals surface area contributed by atoms with Gasteiger partial charge in [0.1, 0.15) is 42.7 Å². The average molecular weight is 987 g/mol. The van der Waals surface area contributed by atoms with Crippen molar-refractivity contribution in [1.82, 2.24) is 20.4 Å². The van der Waals surface area contributed by atoms with Crippen LogP contribution >= 0.6 is 0 Å². The van der Waals surface area contributed by atoms with E-state index in [-0.39, 0.29) is 36.4 Å². The lowest BCUT2D eigenvalue weighted by Gasteiger charge is -2.37. The van der Waals surface area contributed by atoms with E-state index in [1.807, 2.05) is 103 Å². The normalized spacial score (nSPS) is 12.9. The first-order valence-electron chi connectivity index (χ1n) is 24.4. The Labute approximate surface area is 428 Å². The third kappa shape index (κ3) is 16.9. The molecule has 6 rings (SSSR count). The Balaban J connectivity index is 0.000000268. The van der Waals surface area contributed by atoms with Crippen LogP contribution in [-0.4, -0.2) is 132 Å². The van der Waals surface area contributed by atoms with Crippen molar-refractivity contribution in [2.75, 3.05) is 89.0 Å². The summed E-state index contributed by atoms with van der Waals surface area (Å²) >= 11 is 0. The first-order chi connectivity index (χ1) is 34.6. The maximum atomic E-state index is 10.6. The van der Waals surface area contributed by atoms with E-state index in [0.29, 0.717) is 42.6 Å². The quantitative estimate of drug-likeness (QED) is 0.0391. The van der Waals surface area contributed by atoms with Gasteiger partial charge in [-0.25, -0.2) is 0 Å². The van der Waals surface area contributed by atoms with E-state index in [4.69, 9.17) is 33.2 Å². The van der Waals surface area contributed by atoms with Gasteiger partial charge in [-0.05, 0) is 101 Å². The van der Waals surface area contributed by atoms with Gasteiger partial charge in [0.05, 0.1) is 47.6 Å². The molecule has 0 heterocycles. The number of benzene rings is 6. The highest BCUT2D eigenvalue weighted by molar-refractivity contribution is 5.47. The van der Waals surface area contributed by atoms with Crippen LogP contribution in [0.15, 0.2) is 152 Å². The lowest BCUT2D eigenvalue weighted by atomic mass is 9.93. The second-order valence-electron chi connectivity index (χ2n) is 19.1. The topological polar surface area (TPSA) is 136 Å². The molecule has 0 saturated heterocycles.